The lowest BCUT2D eigenvalue weighted by atomic mass is 10.0. The van der Waals surface area contributed by atoms with E-state index < -0.39 is 23.8 Å². The first kappa shape index (κ1) is 19.8. The number of halogens is 3. The number of hydrogen-bond donors (Lipinski definition) is 1. The predicted molar refractivity (Wildman–Crippen MR) is 89.0 cm³/mol. The van der Waals surface area contributed by atoms with Crippen LogP contribution in [0.1, 0.15) is 23.6 Å². The lowest BCUT2D eigenvalue weighted by Crippen LogP contribution is -2.27. The minimum absolute atomic E-state index is 0.0632. The van der Waals surface area contributed by atoms with Gasteiger partial charge in [0.1, 0.15) is 12.4 Å². The molecule has 2 aromatic rings. The van der Waals surface area contributed by atoms with Crippen molar-refractivity contribution in [3.8, 4) is 5.75 Å². The van der Waals surface area contributed by atoms with E-state index in [4.69, 9.17) is 14.6 Å². The Hall–Kier alpha value is -2.54. The molecule has 2 rings (SSSR count). The summed E-state index contributed by atoms with van der Waals surface area (Å²) < 4.78 is 50.6. The van der Waals surface area contributed by atoms with Gasteiger partial charge in [0.05, 0.1) is 5.56 Å². The maximum Gasteiger partial charge on any atom is 0.416 e. The Morgan fingerprint density at radius 3 is 2.42 bits per heavy atom. The Labute approximate surface area is 149 Å². The van der Waals surface area contributed by atoms with E-state index in [0.717, 1.165) is 11.6 Å². The van der Waals surface area contributed by atoms with Gasteiger partial charge in [0.25, 0.3) is 0 Å². The summed E-state index contributed by atoms with van der Waals surface area (Å²) in [6.45, 7) is 1.81. The van der Waals surface area contributed by atoms with E-state index in [1.807, 2.05) is 18.2 Å². The molecule has 0 saturated heterocycles. The normalized spacial score (nSPS) is 12.6. The summed E-state index contributed by atoms with van der Waals surface area (Å²) in [5.41, 5.74) is -0.244. The summed E-state index contributed by atoms with van der Waals surface area (Å²) in [6.07, 6.45) is -6.34. The van der Waals surface area contributed by atoms with Gasteiger partial charge in [-0.1, -0.05) is 36.4 Å². The summed E-state index contributed by atoms with van der Waals surface area (Å²) in [7, 11) is 0. The van der Waals surface area contributed by atoms with Crippen LogP contribution >= 0.6 is 0 Å². The van der Waals surface area contributed by atoms with E-state index in [1.165, 1.54) is 12.1 Å². The maximum absolute atomic E-state index is 13.4. The smallest absolute Gasteiger partial charge is 0.416 e. The molecule has 0 fully saturated rings. The number of aliphatic carboxylic acids is 1. The Morgan fingerprint density at radius 1 is 1.15 bits per heavy atom. The first-order chi connectivity index (χ1) is 12.3. The van der Waals surface area contributed by atoms with Crippen LogP contribution in [-0.2, 0) is 28.7 Å². The minimum atomic E-state index is -4.63. The van der Waals surface area contributed by atoms with Gasteiger partial charge in [-0.3, -0.25) is 0 Å². The zero-order chi connectivity index (χ0) is 19.2. The van der Waals surface area contributed by atoms with E-state index in [2.05, 4.69) is 0 Å². The number of alkyl halides is 3. The molecule has 0 amide bonds. The molecular formula is C19H19F3O4. The maximum atomic E-state index is 13.4. The second-order valence-corrected chi connectivity index (χ2v) is 5.58. The third kappa shape index (κ3) is 5.49. The van der Waals surface area contributed by atoms with Gasteiger partial charge in [0, 0.05) is 13.0 Å². The highest BCUT2D eigenvalue weighted by Gasteiger charge is 2.35. The van der Waals surface area contributed by atoms with Gasteiger partial charge < -0.3 is 14.6 Å². The van der Waals surface area contributed by atoms with Crippen molar-refractivity contribution < 1.29 is 32.5 Å². The number of ether oxygens (including phenoxy) is 2. The average Bonchev–Trinajstić information content (AvgIpc) is 2.60. The number of benzene rings is 2. The lowest BCUT2D eigenvalue weighted by Gasteiger charge is -2.18. The largest absolute Gasteiger partial charge is 0.489 e. The Kier molecular flexibility index (Phi) is 6.63. The van der Waals surface area contributed by atoms with Gasteiger partial charge in [-0.05, 0) is 30.2 Å². The molecule has 0 unspecified atom stereocenters. The molecule has 7 heteroatoms. The van der Waals surface area contributed by atoms with E-state index in [-0.39, 0.29) is 30.9 Å². The number of rotatable bonds is 8. The molecule has 0 aliphatic rings. The molecule has 1 N–H and O–H groups in total. The van der Waals surface area contributed by atoms with Crippen molar-refractivity contribution in [2.24, 2.45) is 0 Å². The molecule has 0 aliphatic heterocycles. The average molecular weight is 368 g/mol. The predicted octanol–water partition coefficient (Wildman–Crippen LogP) is 4.32. The monoisotopic (exact) mass is 368 g/mol. The molecule has 0 spiro atoms. The highest BCUT2D eigenvalue weighted by atomic mass is 19.4. The van der Waals surface area contributed by atoms with E-state index in [9.17, 15) is 18.0 Å². The Morgan fingerprint density at radius 2 is 1.85 bits per heavy atom. The fourth-order valence-corrected chi connectivity index (χ4v) is 2.45. The molecule has 0 bridgehead atoms. The van der Waals surface area contributed by atoms with Gasteiger partial charge in [-0.25, -0.2) is 4.79 Å². The molecule has 2 aromatic carbocycles. The number of carboxylic acid groups (broad SMARTS) is 1. The van der Waals surface area contributed by atoms with E-state index in [1.54, 1.807) is 19.1 Å². The van der Waals surface area contributed by atoms with Crippen molar-refractivity contribution in [1.29, 1.82) is 0 Å². The van der Waals surface area contributed by atoms with Crippen LogP contribution in [0.25, 0.3) is 0 Å². The summed E-state index contributed by atoms with van der Waals surface area (Å²) in [5.74, 6) is -1.24. The fourth-order valence-electron chi connectivity index (χ4n) is 2.45. The number of hydrogen-bond acceptors (Lipinski definition) is 3. The standard InChI is InChI=1S/C19H19F3O4/c1-2-25-17(18(23)24)10-14-8-9-15(11-16(14)19(20,21)22)26-12-13-6-4-3-5-7-13/h3-9,11,17H,2,10,12H2,1H3,(H,23,24)/t17-/m0/s1. The van der Waals surface area contributed by atoms with Crippen molar-refractivity contribution in [3.05, 3.63) is 65.2 Å². The fraction of sp³-hybridized carbons (Fsp3) is 0.316. The molecule has 0 saturated carbocycles. The summed E-state index contributed by atoms with van der Waals surface area (Å²) >= 11 is 0. The molecule has 0 heterocycles. The molecule has 1 atom stereocenters. The second kappa shape index (κ2) is 8.71. The summed E-state index contributed by atoms with van der Waals surface area (Å²) in [5, 5.41) is 9.09. The van der Waals surface area contributed by atoms with E-state index >= 15 is 0 Å². The molecule has 26 heavy (non-hydrogen) atoms. The van der Waals surface area contributed by atoms with Crippen molar-refractivity contribution in [1.82, 2.24) is 0 Å². The van der Waals surface area contributed by atoms with Crippen molar-refractivity contribution in [2.45, 2.75) is 32.2 Å². The van der Waals surface area contributed by atoms with Gasteiger partial charge in [0.15, 0.2) is 6.10 Å². The van der Waals surface area contributed by atoms with Crippen LogP contribution in [0.3, 0.4) is 0 Å². The number of carboxylic acids is 1. The van der Waals surface area contributed by atoms with Crippen molar-refractivity contribution >= 4 is 5.97 Å². The molecule has 0 aliphatic carbocycles. The summed E-state index contributed by atoms with van der Waals surface area (Å²) in [4.78, 5) is 11.2. The van der Waals surface area contributed by atoms with Crippen LogP contribution in [0.2, 0.25) is 0 Å². The molecule has 140 valence electrons. The van der Waals surface area contributed by atoms with Crippen LogP contribution in [0, 0.1) is 0 Å². The van der Waals surface area contributed by atoms with Crippen LogP contribution in [0.5, 0.6) is 5.75 Å². The Bertz CT molecular complexity index is 729. The van der Waals surface area contributed by atoms with Crippen molar-refractivity contribution in [2.75, 3.05) is 6.61 Å². The molecule has 4 nitrogen and oxygen atoms in total. The molecular weight excluding hydrogens is 349 g/mol. The topological polar surface area (TPSA) is 55.8 Å². The SMILES string of the molecule is CCO[C@@H](Cc1ccc(OCc2ccccc2)cc1C(F)(F)F)C(=O)O. The lowest BCUT2D eigenvalue weighted by molar-refractivity contribution is -0.150. The third-order valence-corrected chi connectivity index (χ3v) is 3.68. The van der Waals surface area contributed by atoms with Crippen LogP contribution in [0.4, 0.5) is 13.2 Å². The zero-order valence-electron chi connectivity index (χ0n) is 14.1. The highest BCUT2D eigenvalue weighted by Crippen LogP contribution is 2.35. The Balaban J connectivity index is 2.22. The second-order valence-electron chi connectivity index (χ2n) is 5.58. The van der Waals surface area contributed by atoms with Crippen LogP contribution < -0.4 is 4.74 Å². The van der Waals surface area contributed by atoms with Gasteiger partial charge in [-0.15, -0.1) is 0 Å². The quantitative estimate of drug-likeness (QED) is 0.754. The van der Waals surface area contributed by atoms with Crippen molar-refractivity contribution in [3.63, 3.8) is 0 Å². The van der Waals surface area contributed by atoms with Gasteiger partial charge in [-0.2, -0.15) is 13.2 Å². The van der Waals surface area contributed by atoms with Crippen LogP contribution in [0.15, 0.2) is 48.5 Å². The van der Waals surface area contributed by atoms with Gasteiger partial charge in [0.2, 0.25) is 0 Å². The minimum Gasteiger partial charge on any atom is -0.489 e. The summed E-state index contributed by atoms with van der Waals surface area (Å²) in [6, 6.07) is 12.6. The third-order valence-electron chi connectivity index (χ3n) is 3.68. The molecule has 0 radical (unpaired) electrons. The molecule has 0 aromatic heterocycles. The number of carbonyl (C=O) groups is 1. The van der Waals surface area contributed by atoms with E-state index in [0.29, 0.717) is 0 Å². The first-order valence-corrected chi connectivity index (χ1v) is 8.02. The zero-order valence-corrected chi connectivity index (χ0v) is 14.1. The van der Waals surface area contributed by atoms with Gasteiger partial charge >= 0.3 is 12.1 Å². The van der Waals surface area contributed by atoms with Crippen LogP contribution in [-0.4, -0.2) is 23.8 Å². The highest BCUT2D eigenvalue weighted by molar-refractivity contribution is 5.72. The first-order valence-electron chi connectivity index (χ1n) is 8.02.